The number of halogens is 1. The Morgan fingerprint density at radius 2 is 2.09 bits per heavy atom. The van der Waals surface area contributed by atoms with Gasteiger partial charge in [-0.2, -0.15) is 5.10 Å². The van der Waals surface area contributed by atoms with Gasteiger partial charge in [0.25, 0.3) is 5.91 Å². The van der Waals surface area contributed by atoms with Crippen molar-refractivity contribution in [1.82, 2.24) is 20.2 Å². The minimum atomic E-state index is -0.485. The van der Waals surface area contributed by atoms with Gasteiger partial charge in [0.05, 0.1) is 25.1 Å². The number of methoxy groups -OCH3 is 1. The quantitative estimate of drug-likeness (QED) is 0.101. The number of thioether (sulfide) groups is 1. The van der Waals surface area contributed by atoms with E-state index in [9.17, 15) is 9.90 Å². The van der Waals surface area contributed by atoms with Gasteiger partial charge in [-0.15, -0.1) is 16.8 Å². The summed E-state index contributed by atoms with van der Waals surface area (Å²) in [6, 6.07) is 13.1. The van der Waals surface area contributed by atoms with Crippen LogP contribution in [0.2, 0.25) is 0 Å². The van der Waals surface area contributed by atoms with Crippen molar-refractivity contribution in [3.05, 3.63) is 70.1 Å². The van der Waals surface area contributed by atoms with E-state index in [4.69, 9.17) is 4.74 Å². The monoisotopic (exact) mass is 592 g/mol. The zero-order valence-electron chi connectivity index (χ0n) is 18.7. The maximum absolute atomic E-state index is 12.5. The summed E-state index contributed by atoms with van der Waals surface area (Å²) in [5, 5.41) is 26.1. The van der Waals surface area contributed by atoms with E-state index in [1.807, 2.05) is 28.8 Å². The molecule has 0 fully saturated rings. The van der Waals surface area contributed by atoms with E-state index >= 15 is 0 Å². The lowest BCUT2D eigenvalue weighted by Gasteiger charge is -2.12. The zero-order chi connectivity index (χ0) is 24.5. The molecule has 0 radical (unpaired) electrons. The second-order valence-corrected chi connectivity index (χ2v) is 9.60. The number of phenols is 1. The highest BCUT2D eigenvalue weighted by Crippen LogP contribution is 2.28. The first-order valence-electron chi connectivity index (χ1n) is 10.3. The molecular formula is C23H25IN6O3S. The Kier molecular flexibility index (Phi) is 9.33. The molecule has 11 heteroatoms. The van der Waals surface area contributed by atoms with Gasteiger partial charge < -0.3 is 19.7 Å². The Balaban J connectivity index is 1.61. The average molecular weight is 592 g/mol. The molecule has 0 spiro atoms. The molecule has 34 heavy (non-hydrogen) atoms. The molecule has 0 saturated heterocycles. The van der Waals surface area contributed by atoms with Crippen molar-refractivity contribution >= 4 is 52.2 Å². The van der Waals surface area contributed by atoms with Crippen molar-refractivity contribution in [2.24, 2.45) is 5.10 Å². The first-order valence-corrected chi connectivity index (χ1v) is 12.3. The van der Waals surface area contributed by atoms with Crippen LogP contribution in [0.1, 0.15) is 18.3 Å². The van der Waals surface area contributed by atoms with Crippen LogP contribution in [0.4, 0.5) is 5.69 Å². The number of hydrogen-bond donors (Lipinski definition) is 3. The topological polar surface area (TPSA) is 114 Å². The van der Waals surface area contributed by atoms with E-state index in [-0.39, 0.29) is 11.7 Å². The predicted molar refractivity (Wildman–Crippen MR) is 142 cm³/mol. The lowest BCUT2D eigenvalue weighted by atomic mass is 10.2. The Morgan fingerprint density at radius 3 is 2.79 bits per heavy atom. The summed E-state index contributed by atoms with van der Waals surface area (Å²) in [7, 11) is 1.46. The molecule has 1 amide bonds. The van der Waals surface area contributed by atoms with Gasteiger partial charge in [0.15, 0.2) is 22.5 Å². The molecule has 178 valence electrons. The molecule has 0 aliphatic rings. The van der Waals surface area contributed by atoms with Crippen molar-refractivity contribution in [2.45, 2.75) is 30.4 Å². The number of carbonyl (C=O) groups excluding carboxylic acids is 1. The predicted octanol–water partition coefficient (Wildman–Crippen LogP) is 4.03. The number of nitrogens with zero attached hydrogens (tertiary/aromatic N) is 4. The standard InChI is InChI=1S/C23H25IN6O3S/c1-4-12-30-20(14-25-18-10-8-17(24)9-11-18)27-29-23(30)34-15(2)22(32)28-26-13-16-6-5-7-19(33-3)21(16)31/h4-11,13,15,25,31H,1,12,14H2,2-3H3,(H,28,32)/b26-13-/t15-/m1/s1. The number of anilines is 1. The first kappa shape index (κ1) is 25.6. The summed E-state index contributed by atoms with van der Waals surface area (Å²) in [5.74, 6) is 0.706. The molecule has 3 N–H and O–H groups in total. The number of hydrazone groups is 1. The number of hydrogen-bond acceptors (Lipinski definition) is 8. The van der Waals surface area contributed by atoms with E-state index in [0.717, 1.165) is 15.1 Å². The highest BCUT2D eigenvalue weighted by molar-refractivity contribution is 14.1. The lowest BCUT2D eigenvalue weighted by molar-refractivity contribution is -0.120. The van der Waals surface area contributed by atoms with Gasteiger partial charge in [0.1, 0.15) is 0 Å². The summed E-state index contributed by atoms with van der Waals surface area (Å²) < 4.78 is 8.14. The van der Waals surface area contributed by atoms with Gasteiger partial charge in [-0.3, -0.25) is 4.79 Å². The minimum Gasteiger partial charge on any atom is -0.504 e. The van der Waals surface area contributed by atoms with Crippen LogP contribution in [0.15, 0.2) is 65.4 Å². The van der Waals surface area contributed by atoms with Crippen LogP contribution in [0.5, 0.6) is 11.5 Å². The molecule has 1 aromatic heterocycles. The molecule has 2 aromatic carbocycles. The number of benzene rings is 2. The fraction of sp³-hybridized carbons (Fsp3) is 0.217. The summed E-state index contributed by atoms with van der Waals surface area (Å²) >= 11 is 3.54. The molecule has 1 atom stereocenters. The van der Waals surface area contributed by atoms with Gasteiger partial charge in [0.2, 0.25) is 0 Å². The van der Waals surface area contributed by atoms with Crippen molar-refractivity contribution in [3.63, 3.8) is 0 Å². The Morgan fingerprint density at radius 1 is 1.32 bits per heavy atom. The first-order chi connectivity index (χ1) is 16.4. The zero-order valence-corrected chi connectivity index (χ0v) is 21.7. The molecule has 0 aliphatic carbocycles. The lowest BCUT2D eigenvalue weighted by Crippen LogP contribution is -2.27. The van der Waals surface area contributed by atoms with Crippen LogP contribution in [0, 0.1) is 3.57 Å². The molecule has 0 unspecified atom stereocenters. The molecular weight excluding hydrogens is 567 g/mol. The van der Waals surface area contributed by atoms with Gasteiger partial charge >= 0.3 is 0 Å². The van der Waals surface area contributed by atoms with E-state index < -0.39 is 5.25 Å². The van der Waals surface area contributed by atoms with Gasteiger partial charge in [-0.25, -0.2) is 5.43 Å². The van der Waals surface area contributed by atoms with Gasteiger partial charge in [-0.05, 0) is 65.9 Å². The highest BCUT2D eigenvalue weighted by atomic mass is 127. The Hall–Kier alpha value is -3.06. The molecule has 0 bridgehead atoms. The second-order valence-electron chi connectivity index (χ2n) is 7.05. The van der Waals surface area contributed by atoms with E-state index in [1.54, 1.807) is 31.2 Å². The Bertz CT molecular complexity index is 1170. The SMILES string of the molecule is C=CCn1c(CNc2ccc(I)cc2)nnc1S[C@H](C)C(=O)N/N=C\c1cccc(OC)c1O. The largest absolute Gasteiger partial charge is 0.504 e. The normalized spacial score (nSPS) is 11.9. The van der Waals surface area contributed by atoms with Crippen LogP contribution in [0.25, 0.3) is 0 Å². The molecule has 0 aliphatic heterocycles. The van der Waals surface area contributed by atoms with Crippen LogP contribution in [-0.2, 0) is 17.9 Å². The van der Waals surface area contributed by atoms with E-state index in [2.05, 4.69) is 55.2 Å². The van der Waals surface area contributed by atoms with E-state index in [1.165, 1.54) is 25.1 Å². The van der Waals surface area contributed by atoms with Crippen molar-refractivity contribution in [1.29, 1.82) is 0 Å². The number of para-hydroxylation sites is 1. The summed E-state index contributed by atoms with van der Waals surface area (Å²) in [6.45, 7) is 6.57. The fourth-order valence-corrected chi connectivity index (χ4v) is 4.11. The minimum absolute atomic E-state index is 0.0469. The number of ether oxygens (including phenoxy) is 1. The maximum Gasteiger partial charge on any atom is 0.253 e. The number of phenolic OH excluding ortho intramolecular Hbond substituents is 1. The van der Waals surface area contributed by atoms with Crippen LogP contribution in [-0.4, -0.2) is 44.4 Å². The smallest absolute Gasteiger partial charge is 0.253 e. The molecule has 9 nitrogen and oxygen atoms in total. The van der Waals surface area contributed by atoms with E-state index in [0.29, 0.717) is 29.6 Å². The summed E-state index contributed by atoms with van der Waals surface area (Å²) in [6.07, 6.45) is 3.12. The maximum atomic E-state index is 12.5. The molecule has 3 rings (SSSR count). The van der Waals surface area contributed by atoms with Crippen molar-refractivity contribution in [3.8, 4) is 11.5 Å². The number of aromatic nitrogens is 3. The second kappa shape index (κ2) is 12.4. The molecule has 3 aromatic rings. The number of aromatic hydroxyl groups is 1. The number of allylic oxidation sites excluding steroid dienone is 1. The van der Waals surface area contributed by atoms with Crippen molar-refractivity contribution in [2.75, 3.05) is 12.4 Å². The van der Waals surface area contributed by atoms with Gasteiger partial charge in [0, 0.05) is 21.4 Å². The number of carbonyl (C=O) groups is 1. The third-order valence-electron chi connectivity index (χ3n) is 4.68. The van der Waals surface area contributed by atoms with Crippen molar-refractivity contribution < 1.29 is 14.6 Å². The van der Waals surface area contributed by atoms with Crippen LogP contribution >= 0.6 is 34.4 Å². The van der Waals surface area contributed by atoms with Crippen LogP contribution < -0.4 is 15.5 Å². The summed E-state index contributed by atoms with van der Waals surface area (Å²) in [4.78, 5) is 12.5. The summed E-state index contributed by atoms with van der Waals surface area (Å²) in [5.41, 5.74) is 3.90. The number of nitrogens with one attached hydrogen (secondary N) is 2. The third-order valence-corrected chi connectivity index (χ3v) is 6.48. The number of rotatable bonds is 11. The number of amides is 1. The highest BCUT2D eigenvalue weighted by Gasteiger charge is 2.19. The average Bonchev–Trinajstić information content (AvgIpc) is 3.21. The molecule has 0 saturated carbocycles. The van der Waals surface area contributed by atoms with Crippen LogP contribution in [0.3, 0.4) is 0 Å². The fourth-order valence-electron chi connectivity index (χ4n) is 2.87. The molecule has 1 heterocycles. The Labute approximate surface area is 215 Å². The third kappa shape index (κ3) is 6.73. The van der Waals surface area contributed by atoms with Gasteiger partial charge in [-0.1, -0.05) is 23.9 Å².